The second-order valence-electron chi connectivity index (χ2n) is 9.43. The van der Waals surface area contributed by atoms with Crippen LogP contribution < -0.4 is 0 Å². The third kappa shape index (κ3) is 2.61. The molecule has 2 aromatic heterocycles. The Morgan fingerprint density at radius 3 is 2.03 bits per heavy atom. The van der Waals surface area contributed by atoms with Crippen LogP contribution >= 0.6 is 0 Å². The molecule has 2 heterocycles. The highest BCUT2D eigenvalue weighted by molar-refractivity contribution is 6.25. The normalized spacial score (nSPS) is 11.9. The van der Waals surface area contributed by atoms with Gasteiger partial charge < -0.3 is 9.13 Å². The molecule has 6 aromatic carbocycles. The molecule has 2 heteroatoms. The van der Waals surface area contributed by atoms with Crippen LogP contribution in [-0.4, -0.2) is 9.13 Å². The highest BCUT2D eigenvalue weighted by Crippen LogP contribution is 2.40. The van der Waals surface area contributed by atoms with E-state index < -0.39 is 0 Å². The predicted octanol–water partition coefficient (Wildman–Crippen LogP) is 9.03. The third-order valence-corrected chi connectivity index (χ3v) is 7.54. The van der Waals surface area contributed by atoms with Gasteiger partial charge in [0.15, 0.2) is 0 Å². The molecule has 0 radical (unpaired) electrons. The molecule has 0 aliphatic heterocycles. The molecule has 0 spiro atoms. The van der Waals surface area contributed by atoms with Crippen molar-refractivity contribution in [2.45, 2.75) is 0 Å². The van der Waals surface area contributed by atoms with E-state index in [0.717, 1.165) is 0 Å². The minimum atomic E-state index is 1.18. The first-order valence-corrected chi connectivity index (χ1v) is 12.4. The number of hydrogen-bond acceptors (Lipinski definition) is 0. The largest absolute Gasteiger partial charge is 0.317 e. The lowest BCUT2D eigenvalue weighted by atomic mass is 10.0. The van der Waals surface area contributed by atoms with Crippen LogP contribution in [0.2, 0.25) is 0 Å². The molecular formula is C34H22N2. The van der Waals surface area contributed by atoms with Gasteiger partial charge >= 0.3 is 0 Å². The number of nitrogens with zero attached hydrogens (tertiary/aromatic N) is 2. The maximum atomic E-state index is 2.44. The maximum Gasteiger partial charge on any atom is 0.0547 e. The van der Waals surface area contributed by atoms with Gasteiger partial charge in [-0.2, -0.15) is 0 Å². The lowest BCUT2D eigenvalue weighted by molar-refractivity contribution is 1.13. The molecular weight excluding hydrogens is 436 g/mol. The maximum absolute atomic E-state index is 2.44. The van der Waals surface area contributed by atoms with Crippen LogP contribution in [-0.2, 0) is 0 Å². The minimum absolute atomic E-state index is 1.18. The van der Waals surface area contributed by atoms with Gasteiger partial charge in [0.1, 0.15) is 0 Å². The number of fused-ring (bicyclic) bond motifs is 8. The summed E-state index contributed by atoms with van der Waals surface area (Å²) in [4.78, 5) is 0. The van der Waals surface area contributed by atoms with E-state index in [-0.39, 0.29) is 0 Å². The van der Waals surface area contributed by atoms with Gasteiger partial charge in [-0.1, -0.05) is 84.9 Å². The first kappa shape index (κ1) is 19.5. The van der Waals surface area contributed by atoms with Crippen molar-refractivity contribution >= 4 is 54.3 Å². The van der Waals surface area contributed by atoms with Gasteiger partial charge in [-0.25, -0.2) is 0 Å². The van der Waals surface area contributed by atoms with E-state index in [1.165, 1.54) is 65.6 Å². The van der Waals surface area contributed by atoms with Crippen molar-refractivity contribution in [1.82, 2.24) is 9.13 Å². The molecule has 36 heavy (non-hydrogen) atoms. The molecule has 168 valence electrons. The molecule has 0 amide bonds. The fraction of sp³-hybridized carbons (Fsp3) is 0. The van der Waals surface area contributed by atoms with Crippen LogP contribution in [0.1, 0.15) is 0 Å². The Hall–Kier alpha value is -4.82. The molecule has 0 aliphatic carbocycles. The van der Waals surface area contributed by atoms with Crippen molar-refractivity contribution in [2.75, 3.05) is 0 Å². The monoisotopic (exact) mass is 458 g/mol. The van der Waals surface area contributed by atoms with E-state index in [2.05, 4.69) is 143 Å². The van der Waals surface area contributed by atoms with Crippen molar-refractivity contribution in [2.24, 2.45) is 0 Å². The Morgan fingerprint density at radius 1 is 0.389 bits per heavy atom. The number of hydrogen-bond donors (Lipinski definition) is 0. The SMILES string of the molecule is c1ccc(-n2ccc3c4ccc5c(c4ccc32)c2ccccc2n5-c2cccc3ccccc23)cc1. The summed E-state index contributed by atoms with van der Waals surface area (Å²) in [6.07, 6.45) is 2.18. The number of para-hydroxylation sites is 2. The van der Waals surface area contributed by atoms with E-state index in [1.807, 2.05) is 0 Å². The molecule has 0 saturated heterocycles. The van der Waals surface area contributed by atoms with Crippen LogP contribution in [0, 0.1) is 0 Å². The van der Waals surface area contributed by atoms with E-state index in [4.69, 9.17) is 0 Å². The first-order chi connectivity index (χ1) is 17.9. The Labute approximate surface area is 208 Å². The Balaban J connectivity index is 1.49. The first-order valence-electron chi connectivity index (χ1n) is 12.4. The molecule has 0 N–H and O–H groups in total. The fourth-order valence-corrected chi connectivity index (χ4v) is 5.98. The molecule has 0 bridgehead atoms. The molecule has 8 rings (SSSR count). The summed E-state index contributed by atoms with van der Waals surface area (Å²) in [5.74, 6) is 0. The lowest BCUT2D eigenvalue weighted by Crippen LogP contribution is -1.95. The van der Waals surface area contributed by atoms with E-state index in [1.54, 1.807) is 0 Å². The van der Waals surface area contributed by atoms with Gasteiger partial charge in [0, 0.05) is 33.4 Å². The average molecular weight is 459 g/mol. The quantitative estimate of drug-likeness (QED) is 0.244. The van der Waals surface area contributed by atoms with Crippen molar-refractivity contribution in [1.29, 1.82) is 0 Å². The molecule has 2 nitrogen and oxygen atoms in total. The van der Waals surface area contributed by atoms with Gasteiger partial charge in [0.2, 0.25) is 0 Å². The minimum Gasteiger partial charge on any atom is -0.317 e. The topological polar surface area (TPSA) is 9.86 Å². The zero-order valence-corrected chi connectivity index (χ0v) is 19.6. The van der Waals surface area contributed by atoms with Gasteiger partial charge in [0.25, 0.3) is 0 Å². The summed E-state index contributed by atoms with van der Waals surface area (Å²) >= 11 is 0. The van der Waals surface area contributed by atoms with Crippen molar-refractivity contribution < 1.29 is 0 Å². The summed E-state index contributed by atoms with van der Waals surface area (Å²) in [6, 6.07) is 46.0. The summed E-state index contributed by atoms with van der Waals surface area (Å²) in [5, 5.41) is 8.97. The highest BCUT2D eigenvalue weighted by atomic mass is 15.0. The second-order valence-corrected chi connectivity index (χ2v) is 9.43. The van der Waals surface area contributed by atoms with E-state index >= 15 is 0 Å². The second kappa shape index (κ2) is 7.34. The van der Waals surface area contributed by atoms with E-state index in [9.17, 15) is 0 Å². The molecule has 0 atom stereocenters. The Morgan fingerprint density at radius 2 is 1.11 bits per heavy atom. The Bertz CT molecular complexity index is 2090. The molecule has 8 aromatic rings. The molecule has 0 unspecified atom stereocenters. The summed E-state index contributed by atoms with van der Waals surface area (Å²) < 4.78 is 4.71. The highest BCUT2D eigenvalue weighted by Gasteiger charge is 2.17. The fourth-order valence-electron chi connectivity index (χ4n) is 5.98. The molecule has 0 aliphatic rings. The lowest BCUT2D eigenvalue weighted by Gasteiger charge is -2.12. The number of aromatic nitrogens is 2. The van der Waals surface area contributed by atoms with Crippen LogP contribution in [0.25, 0.3) is 65.6 Å². The molecule has 0 fully saturated rings. The summed E-state index contributed by atoms with van der Waals surface area (Å²) in [5.41, 5.74) is 6.10. The van der Waals surface area contributed by atoms with Crippen molar-refractivity contribution in [3.05, 3.63) is 134 Å². The van der Waals surface area contributed by atoms with Crippen molar-refractivity contribution in [3.8, 4) is 11.4 Å². The number of benzene rings is 6. The summed E-state index contributed by atoms with van der Waals surface area (Å²) in [7, 11) is 0. The summed E-state index contributed by atoms with van der Waals surface area (Å²) in [6.45, 7) is 0. The zero-order chi connectivity index (χ0) is 23.6. The zero-order valence-electron chi connectivity index (χ0n) is 19.6. The van der Waals surface area contributed by atoms with Crippen LogP contribution in [0.15, 0.2) is 134 Å². The van der Waals surface area contributed by atoms with Crippen LogP contribution in [0.3, 0.4) is 0 Å². The third-order valence-electron chi connectivity index (χ3n) is 7.54. The van der Waals surface area contributed by atoms with E-state index in [0.29, 0.717) is 0 Å². The van der Waals surface area contributed by atoms with Gasteiger partial charge in [-0.15, -0.1) is 0 Å². The number of rotatable bonds is 2. The molecule has 0 saturated carbocycles. The van der Waals surface area contributed by atoms with Crippen LogP contribution in [0.4, 0.5) is 0 Å². The Kier molecular flexibility index (Phi) is 3.97. The van der Waals surface area contributed by atoms with Gasteiger partial charge in [-0.05, 0) is 58.6 Å². The average Bonchev–Trinajstić information content (AvgIpc) is 3.53. The standard InChI is InChI=1S/C34H22N2/c1-2-11-24(12-3-1)35-22-21-27-26-17-20-33-34(28(26)18-19-30(27)35)29-14-6-7-15-32(29)36(33)31-16-8-10-23-9-4-5-13-25(23)31/h1-22H. The van der Waals surface area contributed by atoms with Crippen LogP contribution in [0.5, 0.6) is 0 Å². The smallest absolute Gasteiger partial charge is 0.0547 e. The van der Waals surface area contributed by atoms with Gasteiger partial charge in [-0.3, -0.25) is 0 Å². The predicted molar refractivity (Wildman–Crippen MR) is 153 cm³/mol. The van der Waals surface area contributed by atoms with Crippen molar-refractivity contribution in [3.63, 3.8) is 0 Å². The van der Waals surface area contributed by atoms with Gasteiger partial charge in [0.05, 0.1) is 22.2 Å².